The Morgan fingerprint density at radius 1 is 1.04 bits per heavy atom. The lowest BCUT2D eigenvalue weighted by molar-refractivity contribution is -0.114. The molecule has 0 aromatic heterocycles. The zero-order chi connectivity index (χ0) is 19.8. The molecule has 0 saturated heterocycles. The fourth-order valence-corrected chi connectivity index (χ4v) is 3.30. The van der Waals surface area contributed by atoms with Crippen molar-refractivity contribution in [3.63, 3.8) is 0 Å². The number of amides is 1. The third-order valence-corrected chi connectivity index (χ3v) is 5.32. The average molecular weight is 383 g/mol. The number of nitrogens with two attached hydrogens (primary N) is 1. The number of sulfonamides is 1. The number of primary sulfonamides is 1. The SMILES string of the molecule is CC1=NN(c2ccc(S(N)(=O)=O)cc2)C(=O)C1=Cc1ccc(C(C)C)cc1. The van der Waals surface area contributed by atoms with E-state index in [0.29, 0.717) is 22.9 Å². The van der Waals surface area contributed by atoms with Gasteiger partial charge in [-0.2, -0.15) is 10.1 Å². The van der Waals surface area contributed by atoms with Crippen LogP contribution in [0.3, 0.4) is 0 Å². The van der Waals surface area contributed by atoms with Crippen LogP contribution in [0.1, 0.15) is 37.8 Å². The number of hydrogen-bond acceptors (Lipinski definition) is 4. The van der Waals surface area contributed by atoms with Gasteiger partial charge in [0.05, 0.1) is 21.9 Å². The zero-order valence-electron chi connectivity index (χ0n) is 15.4. The molecule has 1 aliphatic rings. The fourth-order valence-electron chi connectivity index (χ4n) is 2.78. The predicted molar refractivity (Wildman–Crippen MR) is 107 cm³/mol. The largest absolute Gasteiger partial charge is 0.280 e. The fraction of sp³-hybridized carbons (Fsp3) is 0.200. The maximum atomic E-state index is 12.8. The van der Waals surface area contributed by atoms with Crippen molar-refractivity contribution >= 4 is 33.4 Å². The van der Waals surface area contributed by atoms with Gasteiger partial charge in [0.25, 0.3) is 5.91 Å². The Morgan fingerprint density at radius 3 is 2.15 bits per heavy atom. The highest BCUT2D eigenvalue weighted by atomic mass is 32.2. The maximum Gasteiger partial charge on any atom is 0.280 e. The van der Waals surface area contributed by atoms with Crippen LogP contribution in [0.5, 0.6) is 0 Å². The van der Waals surface area contributed by atoms with Gasteiger partial charge in [0.1, 0.15) is 0 Å². The van der Waals surface area contributed by atoms with Gasteiger partial charge >= 0.3 is 0 Å². The van der Waals surface area contributed by atoms with Gasteiger partial charge in [-0.1, -0.05) is 38.1 Å². The van der Waals surface area contributed by atoms with E-state index < -0.39 is 10.0 Å². The molecule has 0 spiro atoms. The number of carbonyl (C=O) groups excluding carboxylic acids is 1. The predicted octanol–water partition coefficient (Wildman–Crippen LogP) is 3.26. The number of carbonyl (C=O) groups is 1. The molecular weight excluding hydrogens is 362 g/mol. The lowest BCUT2D eigenvalue weighted by Crippen LogP contribution is -2.21. The van der Waals surface area contributed by atoms with E-state index in [1.165, 1.54) is 34.8 Å². The Bertz CT molecular complexity index is 1030. The molecule has 0 fully saturated rings. The Kier molecular flexibility index (Phi) is 4.99. The van der Waals surface area contributed by atoms with Crippen LogP contribution in [-0.4, -0.2) is 20.0 Å². The maximum absolute atomic E-state index is 12.8. The molecule has 2 aromatic rings. The molecule has 0 aliphatic carbocycles. The van der Waals surface area contributed by atoms with Crippen molar-refractivity contribution in [3.05, 3.63) is 65.2 Å². The van der Waals surface area contributed by atoms with E-state index in [-0.39, 0.29) is 10.8 Å². The summed E-state index contributed by atoms with van der Waals surface area (Å²) in [7, 11) is -3.78. The summed E-state index contributed by atoms with van der Waals surface area (Å²) in [5.74, 6) is 0.183. The summed E-state index contributed by atoms with van der Waals surface area (Å²) in [6.45, 7) is 6.03. The number of hydrogen-bond donors (Lipinski definition) is 1. The molecular formula is C20H21N3O3S. The summed E-state index contributed by atoms with van der Waals surface area (Å²) in [5, 5.41) is 10.7. The Labute approximate surface area is 159 Å². The number of rotatable bonds is 4. The molecule has 27 heavy (non-hydrogen) atoms. The summed E-state index contributed by atoms with van der Waals surface area (Å²) < 4.78 is 22.7. The van der Waals surface area contributed by atoms with E-state index in [1.807, 2.05) is 30.3 Å². The third kappa shape index (κ3) is 3.99. The summed E-state index contributed by atoms with van der Waals surface area (Å²) >= 11 is 0. The first-order valence-electron chi connectivity index (χ1n) is 8.51. The van der Waals surface area contributed by atoms with Crippen LogP contribution in [0.2, 0.25) is 0 Å². The lowest BCUT2D eigenvalue weighted by Gasteiger charge is -2.12. The molecule has 1 heterocycles. The highest BCUT2D eigenvalue weighted by molar-refractivity contribution is 7.89. The minimum Gasteiger partial charge on any atom is -0.267 e. The number of hydrazone groups is 1. The molecule has 0 bridgehead atoms. The lowest BCUT2D eigenvalue weighted by atomic mass is 10.0. The summed E-state index contributed by atoms with van der Waals surface area (Å²) in [4.78, 5) is 12.8. The first-order valence-corrected chi connectivity index (χ1v) is 10.1. The molecule has 140 valence electrons. The van der Waals surface area contributed by atoms with Crippen molar-refractivity contribution in [3.8, 4) is 0 Å². The third-order valence-electron chi connectivity index (χ3n) is 4.39. The molecule has 7 heteroatoms. The van der Waals surface area contributed by atoms with E-state index in [0.717, 1.165) is 5.56 Å². The molecule has 0 saturated carbocycles. The second-order valence-electron chi connectivity index (χ2n) is 6.72. The smallest absolute Gasteiger partial charge is 0.267 e. The zero-order valence-corrected chi connectivity index (χ0v) is 16.2. The molecule has 0 radical (unpaired) electrons. The molecule has 1 aliphatic heterocycles. The summed E-state index contributed by atoms with van der Waals surface area (Å²) in [5.41, 5.74) is 3.73. The van der Waals surface area contributed by atoms with Gasteiger partial charge in [-0.05, 0) is 54.3 Å². The van der Waals surface area contributed by atoms with E-state index in [1.54, 1.807) is 6.92 Å². The molecule has 3 rings (SSSR count). The Balaban J connectivity index is 1.87. The van der Waals surface area contributed by atoms with Crippen LogP contribution in [0.15, 0.2) is 64.1 Å². The Hall–Kier alpha value is -2.77. The van der Waals surface area contributed by atoms with Crippen molar-refractivity contribution in [2.24, 2.45) is 10.2 Å². The molecule has 1 amide bonds. The van der Waals surface area contributed by atoms with E-state index in [4.69, 9.17) is 5.14 Å². The minimum atomic E-state index is -3.78. The first kappa shape index (κ1) is 19.0. The van der Waals surface area contributed by atoms with Crippen molar-refractivity contribution in [2.75, 3.05) is 5.01 Å². The van der Waals surface area contributed by atoms with Crippen LogP contribution in [0.25, 0.3) is 6.08 Å². The highest BCUT2D eigenvalue weighted by Gasteiger charge is 2.28. The average Bonchev–Trinajstić information content (AvgIpc) is 2.90. The van der Waals surface area contributed by atoms with Crippen LogP contribution in [0, 0.1) is 0 Å². The van der Waals surface area contributed by atoms with Gasteiger partial charge in [-0.25, -0.2) is 13.6 Å². The number of anilines is 1. The first-order chi connectivity index (χ1) is 12.7. The quantitative estimate of drug-likeness (QED) is 0.821. The minimum absolute atomic E-state index is 0.0143. The standard InChI is InChI=1S/C20H21N3O3S/c1-13(2)16-6-4-15(5-7-16)12-19-14(3)22-23(20(19)24)17-8-10-18(11-9-17)27(21,25)26/h4-13H,1-3H3,(H2,21,25,26). The van der Waals surface area contributed by atoms with Crippen LogP contribution >= 0.6 is 0 Å². The number of benzene rings is 2. The second-order valence-corrected chi connectivity index (χ2v) is 8.28. The van der Waals surface area contributed by atoms with Gasteiger partial charge in [-0.15, -0.1) is 0 Å². The normalized spacial score (nSPS) is 16.3. The van der Waals surface area contributed by atoms with E-state index in [9.17, 15) is 13.2 Å². The molecule has 6 nitrogen and oxygen atoms in total. The van der Waals surface area contributed by atoms with Crippen molar-refractivity contribution in [2.45, 2.75) is 31.6 Å². The van der Waals surface area contributed by atoms with Gasteiger partial charge in [0, 0.05) is 0 Å². The molecule has 0 unspecified atom stereocenters. The molecule has 2 N–H and O–H groups in total. The topological polar surface area (TPSA) is 92.8 Å². The Morgan fingerprint density at radius 2 is 1.63 bits per heavy atom. The summed E-state index contributed by atoms with van der Waals surface area (Å²) in [6.07, 6.45) is 1.81. The number of nitrogens with zero attached hydrogens (tertiary/aromatic N) is 2. The second kappa shape index (κ2) is 7.09. The van der Waals surface area contributed by atoms with E-state index >= 15 is 0 Å². The van der Waals surface area contributed by atoms with E-state index in [2.05, 4.69) is 18.9 Å². The van der Waals surface area contributed by atoms with Crippen LogP contribution in [0.4, 0.5) is 5.69 Å². The van der Waals surface area contributed by atoms with Gasteiger partial charge in [0.15, 0.2) is 0 Å². The highest BCUT2D eigenvalue weighted by Crippen LogP contribution is 2.26. The van der Waals surface area contributed by atoms with Gasteiger partial charge in [0.2, 0.25) is 10.0 Å². The van der Waals surface area contributed by atoms with Crippen molar-refractivity contribution in [1.82, 2.24) is 0 Å². The van der Waals surface area contributed by atoms with Crippen molar-refractivity contribution < 1.29 is 13.2 Å². The van der Waals surface area contributed by atoms with Gasteiger partial charge < -0.3 is 0 Å². The van der Waals surface area contributed by atoms with Crippen LogP contribution < -0.4 is 10.1 Å². The monoisotopic (exact) mass is 383 g/mol. The van der Waals surface area contributed by atoms with Crippen molar-refractivity contribution in [1.29, 1.82) is 0 Å². The van der Waals surface area contributed by atoms with Gasteiger partial charge in [-0.3, -0.25) is 4.79 Å². The molecule has 0 atom stereocenters. The molecule has 2 aromatic carbocycles. The van der Waals surface area contributed by atoms with Crippen LogP contribution in [-0.2, 0) is 14.8 Å². The summed E-state index contributed by atoms with van der Waals surface area (Å²) in [6, 6.07) is 13.8.